The lowest BCUT2D eigenvalue weighted by atomic mass is 9.76. The Bertz CT molecular complexity index is 151. The van der Waals surface area contributed by atoms with E-state index in [-0.39, 0.29) is 0 Å². The fraction of sp³-hybridized carbons (Fsp3) is 0.778. The van der Waals surface area contributed by atoms with Crippen molar-refractivity contribution >= 4 is 0 Å². The molecule has 0 nitrogen and oxygen atoms in total. The second-order valence-electron chi connectivity index (χ2n) is 3.85. The first-order valence-corrected chi connectivity index (χ1v) is 4.13. The molecule has 2 saturated carbocycles. The van der Waals surface area contributed by atoms with E-state index in [1.54, 1.807) is 6.42 Å². The molecular formula is C9H12. The zero-order valence-electron chi connectivity index (χ0n) is 5.59. The third-order valence-electron chi connectivity index (χ3n) is 3.43. The van der Waals surface area contributed by atoms with Gasteiger partial charge in [0.25, 0.3) is 0 Å². The molecule has 0 heteroatoms. The molecule has 4 rings (SSSR count). The summed E-state index contributed by atoms with van der Waals surface area (Å²) in [5, 5.41) is 0. The van der Waals surface area contributed by atoms with E-state index >= 15 is 0 Å². The Labute approximate surface area is 56.0 Å². The second kappa shape index (κ2) is 1.25. The smallest absolute Gasteiger partial charge is 0.0202 e. The minimum absolute atomic E-state index is 1.01. The molecule has 4 aliphatic carbocycles. The molecule has 0 radical (unpaired) electrons. The molecule has 0 saturated heterocycles. The molecule has 0 amide bonds. The summed E-state index contributed by atoms with van der Waals surface area (Å²) in [6.07, 6.45) is 9.51. The summed E-state index contributed by atoms with van der Waals surface area (Å²) in [5.74, 6) is 4.32. The molecule has 0 aromatic rings. The van der Waals surface area contributed by atoms with E-state index in [0.717, 1.165) is 23.7 Å². The van der Waals surface area contributed by atoms with Crippen molar-refractivity contribution in [3.63, 3.8) is 0 Å². The summed E-state index contributed by atoms with van der Waals surface area (Å²) in [5.41, 5.74) is 0. The zero-order chi connectivity index (χ0) is 5.84. The molecule has 0 aromatic heterocycles. The van der Waals surface area contributed by atoms with E-state index < -0.39 is 0 Å². The third kappa shape index (κ3) is 0.452. The van der Waals surface area contributed by atoms with E-state index in [1.807, 2.05) is 0 Å². The fourth-order valence-corrected chi connectivity index (χ4v) is 2.80. The molecule has 0 N–H and O–H groups in total. The molecule has 48 valence electrons. The lowest BCUT2D eigenvalue weighted by Gasteiger charge is -2.29. The highest BCUT2D eigenvalue weighted by Gasteiger charge is 2.50. The maximum Gasteiger partial charge on any atom is -0.0202 e. The summed E-state index contributed by atoms with van der Waals surface area (Å²) in [7, 11) is 0. The molecule has 4 aliphatic rings. The summed E-state index contributed by atoms with van der Waals surface area (Å²) in [4.78, 5) is 0. The van der Waals surface area contributed by atoms with Crippen LogP contribution in [0.25, 0.3) is 0 Å². The van der Waals surface area contributed by atoms with E-state index in [1.165, 1.54) is 12.8 Å². The maximum absolute atomic E-state index is 2.47. The van der Waals surface area contributed by atoms with Crippen molar-refractivity contribution in [1.29, 1.82) is 0 Å². The first-order chi connectivity index (χ1) is 4.45. The van der Waals surface area contributed by atoms with E-state index in [0.29, 0.717) is 0 Å². The normalized spacial score (nSPS) is 59.6. The lowest BCUT2D eigenvalue weighted by molar-refractivity contribution is 0.309. The van der Waals surface area contributed by atoms with Crippen LogP contribution in [0.1, 0.15) is 19.3 Å². The SMILES string of the molecule is C1=C[C@H]2CC[C@@H]1[C@@H]1C[C@@H]12. The van der Waals surface area contributed by atoms with Gasteiger partial charge in [-0.2, -0.15) is 0 Å². The van der Waals surface area contributed by atoms with Crippen LogP contribution in [0.15, 0.2) is 12.2 Å². The molecule has 0 spiro atoms. The Morgan fingerprint density at radius 1 is 0.889 bits per heavy atom. The van der Waals surface area contributed by atoms with Crippen molar-refractivity contribution < 1.29 is 0 Å². The van der Waals surface area contributed by atoms with Gasteiger partial charge in [-0.3, -0.25) is 0 Å². The summed E-state index contributed by atoms with van der Waals surface area (Å²) in [6.45, 7) is 0. The molecule has 0 unspecified atom stereocenters. The molecule has 0 aliphatic heterocycles. The van der Waals surface area contributed by atoms with Gasteiger partial charge >= 0.3 is 0 Å². The first kappa shape index (κ1) is 4.54. The highest BCUT2D eigenvalue weighted by atomic mass is 14.6. The molecule has 0 heterocycles. The quantitative estimate of drug-likeness (QED) is 0.430. The fourth-order valence-electron chi connectivity index (χ4n) is 2.80. The van der Waals surface area contributed by atoms with Crippen molar-refractivity contribution in [2.75, 3.05) is 0 Å². The number of fused-ring (bicyclic) bond motifs is 1. The van der Waals surface area contributed by atoms with Crippen LogP contribution in [0.2, 0.25) is 0 Å². The van der Waals surface area contributed by atoms with Gasteiger partial charge in [0.05, 0.1) is 0 Å². The zero-order valence-corrected chi connectivity index (χ0v) is 5.59. The van der Waals surface area contributed by atoms with Crippen LogP contribution >= 0.6 is 0 Å². The van der Waals surface area contributed by atoms with Crippen LogP contribution in [0.3, 0.4) is 0 Å². The molecule has 9 heavy (non-hydrogen) atoms. The van der Waals surface area contributed by atoms with E-state index in [9.17, 15) is 0 Å². The Balaban J connectivity index is 2.05. The molecule has 4 atom stereocenters. The Morgan fingerprint density at radius 2 is 1.44 bits per heavy atom. The minimum Gasteiger partial charge on any atom is -0.0848 e. The Kier molecular flexibility index (Phi) is 0.633. The second-order valence-corrected chi connectivity index (χ2v) is 3.85. The highest BCUT2D eigenvalue weighted by molar-refractivity contribution is 5.16. The third-order valence-corrected chi connectivity index (χ3v) is 3.43. The Morgan fingerprint density at radius 3 is 1.78 bits per heavy atom. The van der Waals surface area contributed by atoms with Gasteiger partial charge in [-0.05, 0) is 42.9 Å². The number of allylic oxidation sites excluding steroid dienone is 2. The van der Waals surface area contributed by atoms with Gasteiger partial charge in [0.15, 0.2) is 0 Å². The van der Waals surface area contributed by atoms with Crippen molar-refractivity contribution in [2.45, 2.75) is 19.3 Å². The van der Waals surface area contributed by atoms with Crippen LogP contribution in [-0.4, -0.2) is 0 Å². The first-order valence-electron chi connectivity index (χ1n) is 4.13. The van der Waals surface area contributed by atoms with Crippen LogP contribution in [0.5, 0.6) is 0 Å². The predicted octanol–water partition coefficient (Wildman–Crippen LogP) is 2.22. The van der Waals surface area contributed by atoms with Crippen LogP contribution < -0.4 is 0 Å². The van der Waals surface area contributed by atoms with Crippen molar-refractivity contribution in [3.8, 4) is 0 Å². The average molecular weight is 120 g/mol. The monoisotopic (exact) mass is 120 g/mol. The standard InChI is InChI=1S/C9H12/c1-2-7-4-3-6(1)8-5-9(7)8/h1-2,6-9H,3-5H2/t6-,7+,8+,9-. The van der Waals surface area contributed by atoms with E-state index in [4.69, 9.17) is 0 Å². The van der Waals surface area contributed by atoms with Crippen molar-refractivity contribution in [1.82, 2.24) is 0 Å². The molecule has 2 bridgehead atoms. The van der Waals surface area contributed by atoms with Gasteiger partial charge < -0.3 is 0 Å². The van der Waals surface area contributed by atoms with Gasteiger partial charge in [-0.15, -0.1) is 0 Å². The summed E-state index contributed by atoms with van der Waals surface area (Å²) >= 11 is 0. The topological polar surface area (TPSA) is 0 Å². The van der Waals surface area contributed by atoms with Gasteiger partial charge in [0.2, 0.25) is 0 Å². The highest BCUT2D eigenvalue weighted by Crippen LogP contribution is 2.59. The summed E-state index contributed by atoms with van der Waals surface area (Å²) < 4.78 is 0. The Hall–Kier alpha value is -0.260. The molecule has 2 fully saturated rings. The van der Waals surface area contributed by atoms with Crippen LogP contribution in [-0.2, 0) is 0 Å². The molecule has 0 aromatic carbocycles. The van der Waals surface area contributed by atoms with Crippen molar-refractivity contribution in [3.05, 3.63) is 12.2 Å². The van der Waals surface area contributed by atoms with Gasteiger partial charge in [0, 0.05) is 0 Å². The van der Waals surface area contributed by atoms with Gasteiger partial charge in [-0.1, -0.05) is 12.2 Å². The average Bonchev–Trinajstić information content (AvgIpc) is 2.68. The van der Waals surface area contributed by atoms with Crippen LogP contribution in [0, 0.1) is 23.7 Å². The minimum atomic E-state index is 1.01. The molecular weight excluding hydrogens is 108 g/mol. The number of rotatable bonds is 0. The lowest BCUT2D eigenvalue weighted by Crippen LogP contribution is -2.19. The maximum atomic E-state index is 2.47. The van der Waals surface area contributed by atoms with Crippen LogP contribution in [0.4, 0.5) is 0 Å². The van der Waals surface area contributed by atoms with Gasteiger partial charge in [0.1, 0.15) is 0 Å². The summed E-state index contributed by atoms with van der Waals surface area (Å²) in [6, 6.07) is 0. The number of hydrogen-bond acceptors (Lipinski definition) is 0. The predicted molar refractivity (Wildman–Crippen MR) is 37.0 cm³/mol. The van der Waals surface area contributed by atoms with E-state index in [2.05, 4.69) is 12.2 Å². The van der Waals surface area contributed by atoms with Crippen molar-refractivity contribution in [2.24, 2.45) is 23.7 Å². The van der Waals surface area contributed by atoms with Gasteiger partial charge in [-0.25, -0.2) is 0 Å². The number of hydrogen-bond donors (Lipinski definition) is 0. The largest absolute Gasteiger partial charge is 0.0848 e.